The van der Waals surface area contributed by atoms with Gasteiger partial charge in [-0.25, -0.2) is 0 Å². The van der Waals surface area contributed by atoms with Crippen LogP contribution in [0.15, 0.2) is 24.3 Å². The molecule has 1 aliphatic heterocycles. The number of hydrogen-bond donors (Lipinski definition) is 2. The van der Waals surface area contributed by atoms with Crippen LogP contribution in [0.1, 0.15) is 16.8 Å². The summed E-state index contributed by atoms with van der Waals surface area (Å²) in [6.07, 6.45) is -0.0586. The highest BCUT2D eigenvalue weighted by Gasteiger charge is 2.30. The predicted octanol–water partition coefficient (Wildman–Crippen LogP) is 0.976. The normalized spacial score (nSPS) is 17.8. The molecular formula is C16H21ClN2O4. The van der Waals surface area contributed by atoms with Gasteiger partial charge in [0, 0.05) is 49.7 Å². The molecule has 1 heterocycles. The van der Waals surface area contributed by atoms with E-state index >= 15 is 0 Å². The Morgan fingerprint density at radius 3 is 2.26 bits per heavy atom. The Hall–Kier alpha value is -1.47. The Morgan fingerprint density at radius 2 is 1.74 bits per heavy atom. The molecule has 126 valence electrons. The van der Waals surface area contributed by atoms with Gasteiger partial charge in [0.1, 0.15) is 6.04 Å². The van der Waals surface area contributed by atoms with Gasteiger partial charge in [-0.15, -0.1) is 0 Å². The van der Waals surface area contributed by atoms with Crippen molar-refractivity contribution in [1.82, 2.24) is 9.80 Å². The third-order valence-electron chi connectivity index (χ3n) is 4.09. The standard InChI is InChI=1S/C16H21ClN2O4/c17-13-3-1-12(2-4-13)15(21)11-14(16(22)23)19-7-5-18(6-8-19)9-10-20/h1-4,14,20H,5-11H2,(H,22,23). The van der Waals surface area contributed by atoms with E-state index in [1.54, 1.807) is 24.3 Å². The molecule has 7 heteroatoms. The third-order valence-corrected chi connectivity index (χ3v) is 4.35. The molecule has 2 rings (SSSR count). The second kappa shape index (κ2) is 8.40. The van der Waals surface area contributed by atoms with Crippen molar-refractivity contribution in [3.05, 3.63) is 34.9 Å². The first kappa shape index (κ1) is 17.9. The Morgan fingerprint density at radius 1 is 1.13 bits per heavy atom. The van der Waals surface area contributed by atoms with Gasteiger partial charge in [-0.1, -0.05) is 11.6 Å². The topological polar surface area (TPSA) is 81.1 Å². The van der Waals surface area contributed by atoms with Crippen molar-refractivity contribution >= 4 is 23.4 Å². The second-order valence-electron chi connectivity index (χ2n) is 5.59. The number of ketones is 1. The van der Waals surface area contributed by atoms with Gasteiger partial charge < -0.3 is 10.2 Å². The lowest BCUT2D eigenvalue weighted by Crippen LogP contribution is -2.53. The molecule has 1 aromatic carbocycles. The van der Waals surface area contributed by atoms with Crippen molar-refractivity contribution in [2.24, 2.45) is 0 Å². The van der Waals surface area contributed by atoms with Gasteiger partial charge in [-0.05, 0) is 24.3 Å². The highest BCUT2D eigenvalue weighted by molar-refractivity contribution is 6.30. The van der Waals surface area contributed by atoms with Gasteiger partial charge in [0.05, 0.1) is 6.61 Å². The average molecular weight is 341 g/mol. The molecule has 0 amide bonds. The van der Waals surface area contributed by atoms with Gasteiger partial charge in [0.25, 0.3) is 0 Å². The van der Waals surface area contributed by atoms with Crippen LogP contribution in [0.5, 0.6) is 0 Å². The van der Waals surface area contributed by atoms with E-state index in [-0.39, 0.29) is 18.8 Å². The first-order valence-corrected chi connectivity index (χ1v) is 7.98. The maximum atomic E-state index is 12.3. The van der Waals surface area contributed by atoms with Gasteiger partial charge >= 0.3 is 5.97 Å². The SMILES string of the molecule is O=C(CC(C(=O)O)N1CCN(CCO)CC1)c1ccc(Cl)cc1. The molecule has 0 saturated carbocycles. The molecule has 23 heavy (non-hydrogen) atoms. The van der Waals surface area contributed by atoms with Crippen LogP contribution in [0.3, 0.4) is 0 Å². The Balaban J connectivity index is 1.98. The molecule has 2 N–H and O–H groups in total. The van der Waals surface area contributed by atoms with E-state index < -0.39 is 12.0 Å². The molecule has 0 aliphatic carbocycles. The van der Waals surface area contributed by atoms with Crippen molar-refractivity contribution in [2.75, 3.05) is 39.3 Å². The highest BCUT2D eigenvalue weighted by Crippen LogP contribution is 2.15. The fourth-order valence-electron chi connectivity index (χ4n) is 2.74. The van der Waals surface area contributed by atoms with Crippen molar-refractivity contribution in [1.29, 1.82) is 0 Å². The summed E-state index contributed by atoms with van der Waals surface area (Å²) in [5.74, 6) is -1.19. The number of rotatable bonds is 7. The fourth-order valence-corrected chi connectivity index (χ4v) is 2.87. The quantitative estimate of drug-likeness (QED) is 0.720. The Kier molecular flexibility index (Phi) is 6.53. The number of aliphatic hydroxyl groups excluding tert-OH is 1. The fraction of sp³-hybridized carbons (Fsp3) is 0.500. The minimum Gasteiger partial charge on any atom is -0.480 e. The molecule has 1 atom stereocenters. The number of aliphatic hydroxyl groups is 1. The zero-order chi connectivity index (χ0) is 16.8. The predicted molar refractivity (Wildman–Crippen MR) is 86.9 cm³/mol. The largest absolute Gasteiger partial charge is 0.480 e. The molecule has 6 nitrogen and oxygen atoms in total. The minimum absolute atomic E-state index is 0.0586. The number of carbonyl (C=O) groups is 2. The van der Waals surface area contributed by atoms with Crippen LogP contribution in [0.4, 0.5) is 0 Å². The molecule has 0 spiro atoms. The maximum Gasteiger partial charge on any atom is 0.321 e. The number of carboxylic acids is 1. The van der Waals surface area contributed by atoms with Crippen molar-refractivity contribution in [2.45, 2.75) is 12.5 Å². The van der Waals surface area contributed by atoms with Crippen molar-refractivity contribution in [3.63, 3.8) is 0 Å². The van der Waals surface area contributed by atoms with Crippen molar-refractivity contribution < 1.29 is 19.8 Å². The van der Waals surface area contributed by atoms with E-state index in [1.165, 1.54) is 0 Å². The molecule has 0 bridgehead atoms. The summed E-state index contributed by atoms with van der Waals surface area (Å²) in [4.78, 5) is 27.8. The zero-order valence-electron chi connectivity index (χ0n) is 12.8. The summed E-state index contributed by atoms with van der Waals surface area (Å²) in [5.41, 5.74) is 0.472. The number of halogens is 1. The van der Waals surface area contributed by atoms with Gasteiger partial charge in [0.15, 0.2) is 5.78 Å². The number of nitrogens with zero attached hydrogens (tertiary/aromatic N) is 2. The first-order valence-electron chi connectivity index (χ1n) is 7.60. The van der Waals surface area contributed by atoms with Crippen LogP contribution in [0.25, 0.3) is 0 Å². The van der Waals surface area contributed by atoms with Gasteiger partial charge in [-0.2, -0.15) is 0 Å². The van der Waals surface area contributed by atoms with Gasteiger partial charge in [0.2, 0.25) is 0 Å². The summed E-state index contributed by atoms with van der Waals surface area (Å²) in [7, 11) is 0. The molecule has 1 aromatic rings. The summed E-state index contributed by atoms with van der Waals surface area (Å²) in [6, 6.07) is 5.65. The smallest absolute Gasteiger partial charge is 0.321 e. The van der Waals surface area contributed by atoms with E-state index in [0.717, 1.165) is 0 Å². The molecular weight excluding hydrogens is 320 g/mol. The number of piperazine rings is 1. The zero-order valence-corrected chi connectivity index (χ0v) is 13.6. The molecule has 0 aromatic heterocycles. The van der Waals surface area contributed by atoms with E-state index in [9.17, 15) is 14.7 Å². The molecule has 1 unspecified atom stereocenters. The summed E-state index contributed by atoms with van der Waals surface area (Å²) < 4.78 is 0. The average Bonchev–Trinajstić information content (AvgIpc) is 2.54. The Labute approximate surface area is 140 Å². The molecule has 0 radical (unpaired) electrons. The number of carbonyl (C=O) groups excluding carboxylic acids is 1. The summed E-state index contributed by atoms with van der Waals surface area (Å²) in [6.45, 7) is 3.22. The minimum atomic E-state index is -0.983. The van der Waals surface area contributed by atoms with E-state index in [2.05, 4.69) is 4.90 Å². The lowest BCUT2D eigenvalue weighted by atomic mass is 10.0. The number of hydrogen-bond acceptors (Lipinski definition) is 5. The lowest BCUT2D eigenvalue weighted by molar-refractivity contribution is -0.144. The third kappa shape index (κ3) is 5.00. The van der Waals surface area contributed by atoms with E-state index in [4.69, 9.17) is 16.7 Å². The summed E-state index contributed by atoms with van der Waals surface area (Å²) in [5, 5.41) is 18.9. The van der Waals surface area contributed by atoms with E-state index in [1.807, 2.05) is 4.90 Å². The number of carboxylic acid groups (broad SMARTS) is 1. The highest BCUT2D eigenvalue weighted by atomic mass is 35.5. The molecule has 1 fully saturated rings. The number of benzene rings is 1. The number of aliphatic carboxylic acids is 1. The molecule has 1 saturated heterocycles. The van der Waals surface area contributed by atoms with Crippen LogP contribution in [0, 0.1) is 0 Å². The monoisotopic (exact) mass is 340 g/mol. The van der Waals surface area contributed by atoms with Crippen LogP contribution < -0.4 is 0 Å². The number of Topliss-reactive ketones (excluding diaryl/α,β-unsaturated/α-hetero) is 1. The summed E-state index contributed by atoms with van der Waals surface area (Å²) >= 11 is 5.80. The Bertz CT molecular complexity index is 542. The van der Waals surface area contributed by atoms with Crippen LogP contribution in [0.2, 0.25) is 5.02 Å². The van der Waals surface area contributed by atoms with Crippen LogP contribution >= 0.6 is 11.6 Å². The second-order valence-corrected chi connectivity index (χ2v) is 6.03. The number of β-amino-alcohol motifs (C(OH)–C–C–N with tert-alkyl or cyclic N) is 1. The van der Waals surface area contributed by atoms with Crippen LogP contribution in [-0.4, -0.2) is 77.1 Å². The molecule has 1 aliphatic rings. The maximum absolute atomic E-state index is 12.3. The lowest BCUT2D eigenvalue weighted by Gasteiger charge is -2.37. The van der Waals surface area contributed by atoms with E-state index in [0.29, 0.717) is 43.3 Å². The van der Waals surface area contributed by atoms with Crippen LogP contribution in [-0.2, 0) is 4.79 Å². The van der Waals surface area contributed by atoms with Gasteiger partial charge in [-0.3, -0.25) is 19.4 Å². The first-order chi connectivity index (χ1) is 11.0. The van der Waals surface area contributed by atoms with Crippen molar-refractivity contribution in [3.8, 4) is 0 Å².